The van der Waals surface area contributed by atoms with Crippen molar-refractivity contribution >= 4 is 21.8 Å². The largest absolute Gasteiger partial charge is 0.478 e. The van der Waals surface area contributed by atoms with Gasteiger partial charge in [0.1, 0.15) is 0 Å². The van der Waals surface area contributed by atoms with Crippen LogP contribution in [0.25, 0.3) is 21.8 Å². The van der Waals surface area contributed by atoms with E-state index in [0.29, 0.717) is 12.5 Å². The van der Waals surface area contributed by atoms with E-state index in [9.17, 15) is 0 Å². The molecule has 0 N–H and O–H groups in total. The van der Waals surface area contributed by atoms with Crippen LogP contribution in [0.4, 0.5) is 0 Å². The molecule has 2 heterocycles. The van der Waals surface area contributed by atoms with Crippen LogP contribution in [0.2, 0.25) is 0 Å². The molecule has 0 saturated heterocycles. The smallest absolute Gasteiger partial charge is 0.217 e. The molecule has 4 rings (SSSR count). The molecule has 27 heavy (non-hydrogen) atoms. The third-order valence-electron chi connectivity index (χ3n) is 4.18. The summed E-state index contributed by atoms with van der Waals surface area (Å²) in [7, 11) is 0. The van der Waals surface area contributed by atoms with Crippen LogP contribution in [0.3, 0.4) is 0 Å². The van der Waals surface area contributed by atoms with Gasteiger partial charge in [0.2, 0.25) is 5.88 Å². The molecule has 2 aromatic carbocycles. The first-order chi connectivity index (χ1) is 13.2. The maximum Gasteiger partial charge on any atom is 0.217 e. The number of hydrogen-bond donors (Lipinski definition) is 0. The molecule has 0 bridgehead atoms. The quantitative estimate of drug-likeness (QED) is 0.444. The maximum absolute atomic E-state index is 5.63. The van der Waals surface area contributed by atoms with E-state index >= 15 is 0 Å². The number of hydrogen-bond acceptors (Lipinski definition) is 3. The van der Waals surface area contributed by atoms with Crippen LogP contribution in [0.1, 0.15) is 26.3 Å². The van der Waals surface area contributed by atoms with E-state index in [2.05, 4.69) is 48.1 Å². The Labute approximate surface area is 161 Å². The zero-order valence-electron chi connectivity index (χ0n) is 16.2. The van der Waals surface area contributed by atoms with Crippen molar-refractivity contribution in [3.8, 4) is 5.88 Å². The van der Waals surface area contributed by atoms with Crippen LogP contribution >= 0.6 is 0 Å². The zero-order valence-corrected chi connectivity index (χ0v) is 16.2. The van der Waals surface area contributed by atoms with Gasteiger partial charge in [0, 0.05) is 22.5 Å². The first-order valence-electron chi connectivity index (χ1n) is 9.48. The minimum Gasteiger partial charge on any atom is -0.478 e. The molecule has 0 fully saturated rings. The van der Waals surface area contributed by atoms with Gasteiger partial charge in [0.05, 0.1) is 17.6 Å². The van der Waals surface area contributed by atoms with Gasteiger partial charge in [-0.1, -0.05) is 56.3 Å². The molecule has 3 nitrogen and oxygen atoms in total. The number of nitrogens with zero attached hydrogens (tertiary/aromatic N) is 2. The summed E-state index contributed by atoms with van der Waals surface area (Å²) in [6.07, 6.45) is 2.81. The molecule has 0 amide bonds. The molecule has 0 unspecified atom stereocenters. The maximum atomic E-state index is 5.63. The molecular weight excluding hydrogens is 332 g/mol. The summed E-state index contributed by atoms with van der Waals surface area (Å²) in [5.74, 6) is 1.40. The Morgan fingerprint density at radius 1 is 0.852 bits per heavy atom. The van der Waals surface area contributed by atoms with Crippen molar-refractivity contribution in [1.29, 1.82) is 0 Å². The van der Waals surface area contributed by atoms with E-state index in [0.717, 1.165) is 23.3 Å². The molecule has 3 heteroatoms. The number of pyridine rings is 2. The van der Waals surface area contributed by atoms with E-state index in [-0.39, 0.29) is 0 Å². The van der Waals surface area contributed by atoms with Crippen molar-refractivity contribution in [1.82, 2.24) is 9.97 Å². The first-order valence-corrected chi connectivity index (χ1v) is 9.48. The SMILES string of the molecule is CCOc1nc2ccccc2cc1CC(C)C.c1ccc2ncccc2c1. The second-order valence-corrected chi connectivity index (χ2v) is 6.87. The monoisotopic (exact) mass is 358 g/mol. The summed E-state index contributed by atoms with van der Waals surface area (Å²) in [6, 6.07) is 22.5. The van der Waals surface area contributed by atoms with Crippen molar-refractivity contribution in [2.75, 3.05) is 6.61 Å². The van der Waals surface area contributed by atoms with Crippen LogP contribution in [0, 0.1) is 5.92 Å². The van der Waals surface area contributed by atoms with Gasteiger partial charge >= 0.3 is 0 Å². The minimum atomic E-state index is 0.608. The molecule has 0 aliphatic rings. The number of aromatic nitrogens is 2. The normalized spacial score (nSPS) is 10.7. The third-order valence-corrected chi connectivity index (χ3v) is 4.18. The Morgan fingerprint density at radius 3 is 2.22 bits per heavy atom. The molecule has 0 radical (unpaired) electrons. The summed E-state index contributed by atoms with van der Waals surface area (Å²) >= 11 is 0. The van der Waals surface area contributed by atoms with Crippen molar-refractivity contribution in [3.05, 3.63) is 78.5 Å². The Morgan fingerprint density at radius 2 is 1.52 bits per heavy atom. The summed E-state index contributed by atoms with van der Waals surface area (Å²) in [6.45, 7) is 7.09. The minimum absolute atomic E-state index is 0.608. The molecule has 0 spiro atoms. The van der Waals surface area contributed by atoms with Gasteiger partial charge in [-0.25, -0.2) is 4.98 Å². The zero-order chi connectivity index (χ0) is 19.1. The van der Waals surface area contributed by atoms with Crippen LogP contribution < -0.4 is 4.74 Å². The van der Waals surface area contributed by atoms with E-state index in [1.807, 2.05) is 55.6 Å². The van der Waals surface area contributed by atoms with Gasteiger partial charge < -0.3 is 4.74 Å². The van der Waals surface area contributed by atoms with Crippen LogP contribution in [-0.4, -0.2) is 16.6 Å². The molecule has 0 saturated carbocycles. The molecule has 0 aliphatic carbocycles. The van der Waals surface area contributed by atoms with Crippen LogP contribution in [0.15, 0.2) is 72.9 Å². The average molecular weight is 358 g/mol. The lowest BCUT2D eigenvalue weighted by Gasteiger charge is -2.12. The fourth-order valence-electron chi connectivity index (χ4n) is 3.01. The van der Waals surface area contributed by atoms with Crippen molar-refractivity contribution in [2.45, 2.75) is 27.2 Å². The third kappa shape index (κ3) is 5.04. The van der Waals surface area contributed by atoms with E-state index < -0.39 is 0 Å². The highest BCUT2D eigenvalue weighted by Gasteiger charge is 2.09. The predicted octanol–water partition coefficient (Wildman–Crippen LogP) is 6.07. The summed E-state index contributed by atoms with van der Waals surface area (Å²) < 4.78 is 5.63. The second-order valence-electron chi connectivity index (χ2n) is 6.87. The highest BCUT2D eigenvalue weighted by molar-refractivity contribution is 5.80. The summed E-state index contributed by atoms with van der Waals surface area (Å²) in [4.78, 5) is 8.78. The lowest BCUT2D eigenvalue weighted by Crippen LogP contribution is -2.03. The van der Waals surface area contributed by atoms with E-state index in [1.54, 1.807) is 0 Å². The van der Waals surface area contributed by atoms with E-state index in [1.165, 1.54) is 16.3 Å². The second kappa shape index (κ2) is 9.13. The van der Waals surface area contributed by atoms with E-state index in [4.69, 9.17) is 4.74 Å². The number of rotatable bonds is 4. The van der Waals surface area contributed by atoms with Gasteiger partial charge in [-0.15, -0.1) is 0 Å². The fourth-order valence-corrected chi connectivity index (χ4v) is 3.01. The summed E-state index contributed by atoms with van der Waals surface area (Å²) in [5, 5.41) is 2.39. The number of ether oxygens (including phenoxy) is 1. The Bertz CT molecular complexity index is 946. The Kier molecular flexibility index (Phi) is 6.37. The predicted molar refractivity (Wildman–Crippen MR) is 113 cm³/mol. The van der Waals surface area contributed by atoms with Gasteiger partial charge in [-0.05, 0) is 43.5 Å². The van der Waals surface area contributed by atoms with Gasteiger partial charge in [-0.2, -0.15) is 0 Å². The van der Waals surface area contributed by atoms with Crippen molar-refractivity contribution in [3.63, 3.8) is 0 Å². The molecule has 0 atom stereocenters. The number of fused-ring (bicyclic) bond motifs is 2. The van der Waals surface area contributed by atoms with Gasteiger partial charge in [0.15, 0.2) is 0 Å². The van der Waals surface area contributed by atoms with Gasteiger partial charge in [0.25, 0.3) is 0 Å². The molecular formula is C24H26N2O. The fraction of sp³-hybridized carbons (Fsp3) is 0.250. The lowest BCUT2D eigenvalue weighted by atomic mass is 10.0. The van der Waals surface area contributed by atoms with Gasteiger partial charge in [-0.3, -0.25) is 4.98 Å². The topological polar surface area (TPSA) is 35.0 Å². The molecule has 0 aliphatic heterocycles. The Hall–Kier alpha value is -2.94. The number of para-hydroxylation sites is 2. The molecule has 4 aromatic rings. The van der Waals surface area contributed by atoms with Crippen molar-refractivity contribution in [2.24, 2.45) is 5.92 Å². The van der Waals surface area contributed by atoms with Crippen LogP contribution in [0.5, 0.6) is 5.88 Å². The van der Waals surface area contributed by atoms with Crippen LogP contribution in [-0.2, 0) is 6.42 Å². The van der Waals surface area contributed by atoms with Crippen molar-refractivity contribution < 1.29 is 4.74 Å². The highest BCUT2D eigenvalue weighted by Crippen LogP contribution is 2.24. The average Bonchev–Trinajstić information content (AvgIpc) is 2.69. The first kappa shape index (κ1) is 18.8. The Balaban J connectivity index is 0.000000177. The standard InChI is InChI=1S/C15H19NO.C9H7N/c1-4-17-15-13(9-11(2)3)10-12-7-5-6-8-14(12)16-15;1-2-6-9-8(4-1)5-3-7-10-9/h5-8,10-11H,4,9H2,1-3H3;1-7H. The highest BCUT2D eigenvalue weighted by atomic mass is 16.5. The summed E-state index contributed by atoms with van der Waals surface area (Å²) in [5.41, 5.74) is 3.27. The molecule has 2 aromatic heterocycles. The lowest BCUT2D eigenvalue weighted by molar-refractivity contribution is 0.322. The number of benzene rings is 2. The molecule has 138 valence electrons.